The number of hydrogen-bond donors (Lipinski definition) is 1. The number of fused-ring (bicyclic) bond motifs is 3. The summed E-state index contributed by atoms with van der Waals surface area (Å²) in [5.74, 6) is 1.81. The molecule has 0 saturated carbocycles. The van der Waals surface area contributed by atoms with Crippen molar-refractivity contribution in [2.24, 2.45) is 5.16 Å². The zero-order valence-corrected chi connectivity index (χ0v) is 16.3. The van der Waals surface area contributed by atoms with Crippen molar-refractivity contribution in [1.82, 2.24) is 19.8 Å². The number of oxime groups is 1. The first-order valence-corrected chi connectivity index (χ1v) is 9.84. The van der Waals surface area contributed by atoms with Crippen LogP contribution in [0.3, 0.4) is 0 Å². The van der Waals surface area contributed by atoms with Crippen LogP contribution >= 0.6 is 0 Å². The standard InChI is InChI=1S/C21H25N5O2/c1-14-12-25(13-23-14)17-6-5-15(9-19(17)27-2)8-16-4-3-7-26-18-10-22-11-20(18)28-24-21(16)26/h5-6,8-9,12-13,18,20,22H,3-4,7,10-11H2,1-2H3. The van der Waals surface area contributed by atoms with Gasteiger partial charge in [0.2, 0.25) is 0 Å². The van der Waals surface area contributed by atoms with Crippen LogP contribution in [0.15, 0.2) is 41.5 Å². The summed E-state index contributed by atoms with van der Waals surface area (Å²) in [5.41, 5.74) is 4.29. The monoisotopic (exact) mass is 379 g/mol. The lowest BCUT2D eigenvalue weighted by Crippen LogP contribution is -2.53. The number of nitrogens with zero attached hydrogens (tertiary/aromatic N) is 4. The Morgan fingerprint density at radius 2 is 2.25 bits per heavy atom. The van der Waals surface area contributed by atoms with E-state index in [4.69, 9.17) is 9.57 Å². The molecule has 0 spiro atoms. The molecule has 1 N–H and O–H groups in total. The fraction of sp³-hybridized carbons (Fsp3) is 0.429. The Morgan fingerprint density at radius 1 is 1.32 bits per heavy atom. The molecule has 7 nitrogen and oxygen atoms in total. The van der Waals surface area contributed by atoms with Gasteiger partial charge in [-0.3, -0.25) is 0 Å². The molecule has 3 aliphatic rings. The van der Waals surface area contributed by atoms with Crippen molar-refractivity contribution in [2.45, 2.75) is 31.9 Å². The number of rotatable bonds is 3. The highest BCUT2D eigenvalue weighted by Crippen LogP contribution is 2.31. The van der Waals surface area contributed by atoms with Crippen LogP contribution < -0.4 is 10.1 Å². The quantitative estimate of drug-likeness (QED) is 0.887. The van der Waals surface area contributed by atoms with E-state index < -0.39 is 0 Å². The van der Waals surface area contributed by atoms with Gasteiger partial charge in [0.05, 0.1) is 30.9 Å². The summed E-state index contributed by atoms with van der Waals surface area (Å²) in [6, 6.07) is 6.64. The second-order valence-corrected chi connectivity index (χ2v) is 7.60. The summed E-state index contributed by atoms with van der Waals surface area (Å²) in [5, 5.41) is 7.89. The summed E-state index contributed by atoms with van der Waals surface area (Å²) >= 11 is 0. The van der Waals surface area contributed by atoms with Crippen molar-refractivity contribution < 1.29 is 9.57 Å². The van der Waals surface area contributed by atoms with Gasteiger partial charge < -0.3 is 24.4 Å². The van der Waals surface area contributed by atoms with Gasteiger partial charge in [0, 0.05) is 25.8 Å². The van der Waals surface area contributed by atoms with Crippen molar-refractivity contribution in [3.63, 3.8) is 0 Å². The molecule has 5 rings (SSSR count). The summed E-state index contributed by atoms with van der Waals surface area (Å²) in [6.45, 7) is 4.87. The molecule has 146 valence electrons. The number of aryl methyl sites for hydroxylation is 1. The van der Waals surface area contributed by atoms with E-state index in [-0.39, 0.29) is 6.10 Å². The lowest BCUT2D eigenvalue weighted by atomic mass is 9.97. The largest absolute Gasteiger partial charge is 0.495 e. The molecule has 7 heteroatoms. The SMILES string of the molecule is COc1cc(C=C2CCCN3C2=NOC2CNCC23)ccc1-n1cnc(C)c1. The van der Waals surface area contributed by atoms with E-state index in [1.54, 1.807) is 7.11 Å². The van der Waals surface area contributed by atoms with E-state index in [2.05, 4.69) is 44.6 Å². The maximum absolute atomic E-state index is 5.77. The Bertz CT molecular complexity index is 948. The van der Waals surface area contributed by atoms with Crippen LogP contribution in [0.2, 0.25) is 0 Å². The third-order valence-corrected chi connectivity index (χ3v) is 5.74. The summed E-state index contributed by atoms with van der Waals surface area (Å²) in [7, 11) is 1.70. The zero-order chi connectivity index (χ0) is 19.1. The first kappa shape index (κ1) is 17.3. The number of hydrogen-bond acceptors (Lipinski definition) is 6. The van der Waals surface area contributed by atoms with E-state index in [0.717, 1.165) is 61.0 Å². The number of methoxy groups -OCH3 is 1. The molecule has 0 amide bonds. The lowest BCUT2D eigenvalue weighted by molar-refractivity contribution is 0.00663. The van der Waals surface area contributed by atoms with Gasteiger partial charge in [0.1, 0.15) is 5.75 Å². The highest BCUT2D eigenvalue weighted by molar-refractivity contribution is 6.03. The Labute approximate surface area is 164 Å². The van der Waals surface area contributed by atoms with E-state index in [9.17, 15) is 0 Å². The van der Waals surface area contributed by atoms with Gasteiger partial charge in [0.15, 0.2) is 11.9 Å². The summed E-state index contributed by atoms with van der Waals surface area (Å²) < 4.78 is 7.64. The highest BCUT2D eigenvalue weighted by atomic mass is 16.6. The maximum atomic E-state index is 5.77. The van der Waals surface area contributed by atoms with Gasteiger partial charge in [-0.2, -0.15) is 0 Å². The average Bonchev–Trinajstić information content (AvgIpc) is 3.37. The van der Waals surface area contributed by atoms with Crippen molar-refractivity contribution >= 4 is 11.9 Å². The molecule has 0 radical (unpaired) electrons. The van der Waals surface area contributed by atoms with E-state index in [1.807, 2.05) is 24.0 Å². The Balaban J connectivity index is 1.47. The lowest BCUT2D eigenvalue weighted by Gasteiger charge is -2.40. The molecule has 0 aliphatic carbocycles. The number of amidine groups is 1. The molecule has 2 saturated heterocycles. The van der Waals surface area contributed by atoms with Gasteiger partial charge in [0.25, 0.3) is 0 Å². The Morgan fingerprint density at radius 3 is 3.07 bits per heavy atom. The highest BCUT2D eigenvalue weighted by Gasteiger charge is 2.41. The molecule has 28 heavy (non-hydrogen) atoms. The number of piperidine rings is 1. The number of ether oxygens (including phenoxy) is 1. The van der Waals surface area contributed by atoms with Crippen LogP contribution in [0.1, 0.15) is 24.1 Å². The van der Waals surface area contributed by atoms with Crippen LogP contribution in [-0.4, -0.2) is 59.2 Å². The van der Waals surface area contributed by atoms with Gasteiger partial charge in [-0.15, -0.1) is 0 Å². The van der Waals surface area contributed by atoms with Crippen molar-refractivity contribution in [3.8, 4) is 11.4 Å². The fourth-order valence-electron chi connectivity index (χ4n) is 4.34. The third-order valence-electron chi connectivity index (χ3n) is 5.74. The van der Waals surface area contributed by atoms with Gasteiger partial charge in [-0.25, -0.2) is 4.98 Å². The molecule has 0 bridgehead atoms. The van der Waals surface area contributed by atoms with Crippen molar-refractivity contribution in [2.75, 3.05) is 26.7 Å². The topological polar surface area (TPSA) is 63.9 Å². The minimum absolute atomic E-state index is 0.168. The second-order valence-electron chi connectivity index (χ2n) is 7.60. The Hall–Kier alpha value is -2.80. The molecular weight excluding hydrogens is 354 g/mol. The average molecular weight is 379 g/mol. The molecule has 2 fully saturated rings. The number of nitrogens with one attached hydrogen (secondary N) is 1. The summed E-state index contributed by atoms with van der Waals surface area (Å²) in [4.78, 5) is 12.5. The van der Waals surface area contributed by atoms with Gasteiger partial charge >= 0.3 is 0 Å². The first-order chi connectivity index (χ1) is 13.7. The third kappa shape index (κ3) is 2.96. The van der Waals surface area contributed by atoms with Crippen LogP contribution in [0, 0.1) is 6.92 Å². The number of benzene rings is 1. The van der Waals surface area contributed by atoms with Crippen LogP contribution in [0.5, 0.6) is 5.75 Å². The van der Waals surface area contributed by atoms with Crippen LogP contribution in [0.4, 0.5) is 0 Å². The molecule has 3 aliphatic heterocycles. The summed E-state index contributed by atoms with van der Waals surface area (Å²) in [6.07, 6.45) is 8.33. The van der Waals surface area contributed by atoms with E-state index >= 15 is 0 Å². The first-order valence-electron chi connectivity index (χ1n) is 9.84. The molecule has 4 heterocycles. The second kappa shape index (κ2) is 6.98. The van der Waals surface area contributed by atoms with Crippen molar-refractivity contribution in [1.29, 1.82) is 0 Å². The molecule has 1 aromatic heterocycles. The van der Waals surface area contributed by atoms with E-state index in [0.29, 0.717) is 6.04 Å². The minimum atomic E-state index is 0.168. The fourth-order valence-corrected chi connectivity index (χ4v) is 4.34. The van der Waals surface area contributed by atoms with Crippen LogP contribution in [-0.2, 0) is 4.84 Å². The predicted octanol–water partition coefficient (Wildman–Crippen LogP) is 2.35. The molecule has 1 aromatic carbocycles. The number of aromatic nitrogens is 2. The maximum Gasteiger partial charge on any atom is 0.171 e. The van der Waals surface area contributed by atoms with Gasteiger partial charge in [-0.05, 0) is 49.1 Å². The van der Waals surface area contributed by atoms with E-state index in [1.165, 1.54) is 5.57 Å². The predicted molar refractivity (Wildman–Crippen MR) is 108 cm³/mol. The normalized spacial score (nSPS) is 25.1. The van der Waals surface area contributed by atoms with Gasteiger partial charge in [-0.1, -0.05) is 11.2 Å². The Kier molecular flexibility index (Phi) is 4.31. The molecule has 2 unspecified atom stereocenters. The minimum Gasteiger partial charge on any atom is -0.495 e. The molecular formula is C21H25N5O2. The zero-order valence-electron chi connectivity index (χ0n) is 16.3. The number of imidazole rings is 1. The van der Waals surface area contributed by atoms with Crippen molar-refractivity contribution in [3.05, 3.63) is 47.6 Å². The molecule has 2 aromatic rings. The molecule has 2 atom stereocenters. The van der Waals surface area contributed by atoms with Crippen LogP contribution in [0.25, 0.3) is 11.8 Å². The smallest absolute Gasteiger partial charge is 0.171 e.